The van der Waals surface area contributed by atoms with Crippen LogP contribution in [0.4, 0.5) is 0 Å². The molecular weight excluding hydrogens is 302 g/mol. The lowest BCUT2D eigenvalue weighted by molar-refractivity contribution is -0.121. The fourth-order valence-corrected chi connectivity index (χ4v) is 2.22. The van der Waals surface area contributed by atoms with Crippen LogP contribution < -0.4 is 14.8 Å². The minimum atomic E-state index is 0.0383. The summed E-state index contributed by atoms with van der Waals surface area (Å²) < 4.78 is 11.0. The second-order valence-corrected chi connectivity index (χ2v) is 5.62. The van der Waals surface area contributed by atoms with Gasteiger partial charge in [-0.3, -0.25) is 4.79 Å². The summed E-state index contributed by atoms with van der Waals surface area (Å²) in [5.74, 6) is 1.73. The molecule has 1 N–H and O–H groups in total. The predicted octanol–water partition coefficient (Wildman–Crippen LogP) is 3.87. The molecule has 0 aromatic heterocycles. The minimum Gasteiger partial charge on any atom is -0.494 e. The quantitative estimate of drug-likeness (QED) is 0.711. The first-order chi connectivity index (χ1) is 11.7. The summed E-state index contributed by atoms with van der Waals surface area (Å²) in [5.41, 5.74) is 2.26. The molecule has 0 bridgehead atoms. The van der Waals surface area contributed by atoms with E-state index in [4.69, 9.17) is 9.47 Å². The van der Waals surface area contributed by atoms with E-state index in [0.717, 1.165) is 17.1 Å². The number of carbonyl (C=O) groups is 1. The maximum absolute atomic E-state index is 11.9. The van der Waals surface area contributed by atoms with Crippen LogP contribution in [0.5, 0.6) is 11.5 Å². The molecule has 0 heterocycles. The molecule has 2 aromatic rings. The Bertz CT molecular complexity index is 620. The summed E-state index contributed by atoms with van der Waals surface area (Å²) in [4.78, 5) is 11.9. The molecule has 2 aromatic carbocycles. The van der Waals surface area contributed by atoms with Crippen molar-refractivity contribution in [2.24, 2.45) is 0 Å². The second kappa shape index (κ2) is 9.60. The lowest BCUT2D eigenvalue weighted by Gasteiger charge is -2.08. The van der Waals surface area contributed by atoms with Crippen LogP contribution in [-0.4, -0.2) is 19.1 Å². The topological polar surface area (TPSA) is 47.6 Å². The molecule has 0 spiro atoms. The van der Waals surface area contributed by atoms with Crippen LogP contribution in [0.15, 0.2) is 48.5 Å². The molecule has 2 rings (SSSR count). The Morgan fingerprint density at radius 2 is 1.58 bits per heavy atom. The van der Waals surface area contributed by atoms with Gasteiger partial charge in [-0.15, -0.1) is 0 Å². The third kappa shape index (κ3) is 6.32. The largest absolute Gasteiger partial charge is 0.494 e. The molecule has 0 radical (unpaired) electrons. The first-order valence-electron chi connectivity index (χ1n) is 8.35. The summed E-state index contributed by atoms with van der Waals surface area (Å²) in [6.45, 7) is 5.72. The Morgan fingerprint density at radius 3 is 2.25 bits per heavy atom. The van der Waals surface area contributed by atoms with Gasteiger partial charge in [-0.05, 0) is 50.1 Å². The van der Waals surface area contributed by atoms with E-state index < -0.39 is 0 Å². The Hall–Kier alpha value is -2.49. The highest BCUT2D eigenvalue weighted by Gasteiger charge is 2.02. The van der Waals surface area contributed by atoms with Crippen LogP contribution in [0, 0.1) is 6.92 Å². The van der Waals surface area contributed by atoms with Crippen LogP contribution in [0.25, 0.3) is 0 Å². The minimum absolute atomic E-state index is 0.0383. The fraction of sp³-hybridized carbons (Fsp3) is 0.350. The van der Waals surface area contributed by atoms with Crippen LogP contribution in [0.3, 0.4) is 0 Å². The number of benzene rings is 2. The van der Waals surface area contributed by atoms with Gasteiger partial charge in [0.1, 0.15) is 11.5 Å². The Morgan fingerprint density at radius 1 is 0.958 bits per heavy atom. The molecule has 0 unspecified atom stereocenters. The summed E-state index contributed by atoms with van der Waals surface area (Å²) in [7, 11) is 0. The van der Waals surface area contributed by atoms with Crippen molar-refractivity contribution in [1.29, 1.82) is 0 Å². The van der Waals surface area contributed by atoms with E-state index in [1.165, 1.54) is 5.56 Å². The van der Waals surface area contributed by atoms with E-state index in [0.29, 0.717) is 32.6 Å². The van der Waals surface area contributed by atoms with Gasteiger partial charge in [0.25, 0.3) is 0 Å². The molecule has 0 aliphatic rings. The van der Waals surface area contributed by atoms with Gasteiger partial charge in [-0.1, -0.05) is 29.8 Å². The van der Waals surface area contributed by atoms with Crippen molar-refractivity contribution in [3.8, 4) is 11.5 Å². The number of nitrogens with one attached hydrogen (secondary N) is 1. The zero-order chi connectivity index (χ0) is 17.2. The summed E-state index contributed by atoms with van der Waals surface area (Å²) in [5, 5.41) is 2.92. The highest BCUT2D eigenvalue weighted by atomic mass is 16.5. The molecule has 128 valence electrons. The molecule has 24 heavy (non-hydrogen) atoms. The standard InChI is InChI=1S/C20H25NO3/c1-3-23-18-12-8-17(9-13-18)15-21-20(22)5-4-14-24-19-10-6-16(2)7-11-19/h6-13H,3-5,14-15H2,1-2H3,(H,21,22). The third-order valence-corrected chi connectivity index (χ3v) is 3.56. The fourth-order valence-electron chi connectivity index (χ4n) is 2.22. The van der Waals surface area contributed by atoms with Gasteiger partial charge in [0.2, 0.25) is 5.91 Å². The Labute approximate surface area is 143 Å². The number of rotatable bonds is 9. The molecule has 4 heteroatoms. The molecule has 0 aliphatic carbocycles. The summed E-state index contributed by atoms with van der Waals surface area (Å²) >= 11 is 0. The second-order valence-electron chi connectivity index (χ2n) is 5.62. The molecule has 0 fully saturated rings. The lowest BCUT2D eigenvalue weighted by atomic mass is 10.2. The molecule has 1 amide bonds. The van der Waals surface area contributed by atoms with Gasteiger partial charge >= 0.3 is 0 Å². The van der Waals surface area contributed by atoms with Gasteiger partial charge in [0, 0.05) is 13.0 Å². The highest BCUT2D eigenvalue weighted by Crippen LogP contribution is 2.13. The Balaban J connectivity index is 1.61. The lowest BCUT2D eigenvalue weighted by Crippen LogP contribution is -2.22. The zero-order valence-corrected chi connectivity index (χ0v) is 14.4. The van der Waals surface area contributed by atoms with Gasteiger partial charge in [0.05, 0.1) is 13.2 Å². The van der Waals surface area contributed by atoms with Crippen molar-refractivity contribution in [3.63, 3.8) is 0 Å². The molecule has 0 atom stereocenters. The number of ether oxygens (including phenoxy) is 2. The number of hydrogen-bond donors (Lipinski definition) is 1. The smallest absolute Gasteiger partial charge is 0.220 e. The van der Waals surface area contributed by atoms with Gasteiger partial charge in [-0.2, -0.15) is 0 Å². The van der Waals surface area contributed by atoms with E-state index in [1.54, 1.807) is 0 Å². The van der Waals surface area contributed by atoms with Crippen LogP contribution in [-0.2, 0) is 11.3 Å². The van der Waals surface area contributed by atoms with Crippen molar-refractivity contribution in [2.45, 2.75) is 33.2 Å². The van der Waals surface area contributed by atoms with Crippen LogP contribution in [0.2, 0.25) is 0 Å². The molecule has 0 aliphatic heterocycles. The van der Waals surface area contributed by atoms with Crippen molar-refractivity contribution in [2.75, 3.05) is 13.2 Å². The van der Waals surface area contributed by atoms with E-state index in [-0.39, 0.29) is 5.91 Å². The first kappa shape index (κ1) is 17.9. The van der Waals surface area contributed by atoms with E-state index in [2.05, 4.69) is 5.32 Å². The van der Waals surface area contributed by atoms with Gasteiger partial charge in [-0.25, -0.2) is 0 Å². The maximum Gasteiger partial charge on any atom is 0.220 e. The zero-order valence-electron chi connectivity index (χ0n) is 14.4. The number of hydrogen-bond acceptors (Lipinski definition) is 3. The Kier molecular flexibility index (Phi) is 7.15. The van der Waals surface area contributed by atoms with E-state index in [1.807, 2.05) is 62.4 Å². The van der Waals surface area contributed by atoms with Crippen LogP contribution in [0.1, 0.15) is 30.9 Å². The van der Waals surface area contributed by atoms with Crippen molar-refractivity contribution < 1.29 is 14.3 Å². The van der Waals surface area contributed by atoms with Gasteiger partial charge in [0.15, 0.2) is 0 Å². The molecule has 0 saturated carbocycles. The van der Waals surface area contributed by atoms with Crippen molar-refractivity contribution >= 4 is 5.91 Å². The summed E-state index contributed by atoms with van der Waals surface area (Å²) in [6.07, 6.45) is 1.16. The predicted molar refractivity (Wildman–Crippen MR) is 95.4 cm³/mol. The van der Waals surface area contributed by atoms with Crippen LogP contribution >= 0.6 is 0 Å². The normalized spacial score (nSPS) is 10.2. The van der Waals surface area contributed by atoms with E-state index in [9.17, 15) is 4.79 Å². The maximum atomic E-state index is 11.9. The first-order valence-corrected chi connectivity index (χ1v) is 8.35. The molecular formula is C20H25NO3. The number of aryl methyl sites for hydroxylation is 1. The highest BCUT2D eigenvalue weighted by molar-refractivity contribution is 5.75. The van der Waals surface area contributed by atoms with E-state index >= 15 is 0 Å². The van der Waals surface area contributed by atoms with Crippen molar-refractivity contribution in [3.05, 3.63) is 59.7 Å². The average Bonchev–Trinajstić information content (AvgIpc) is 2.60. The van der Waals surface area contributed by atoms with Gasteiger partial charge < -0.3 is 14.8 Å². The van der Waals surface area contributed by atoms with Crippen molar-refractivity contribution in [1.82, 2.24) is 5.32 Å². The summed E-state index contributed by atoms with van der Waals surface area (Å²) in [6, 6.07) is 15.7. The average molecular weight is 327 g/mol. The molecule has 0 saturated heterocycles. The number of carbonyl (C=O) groups excluding carboxylic acids is 1. The molecule has 4 nitrogen and oxygen atoms in total. The number of amides is 1. The SMILES string of the molecule is CCOc1ccc(CNC(=O)CCCOc2ccc(C)cc2)cc1. The monoisotopic (exact) mass is 327 g/mol. The third-order valence-electron chi connectivity index (χ3n) is 3.56.